The standard InChI is InChI=1S/C44H88N4O4/c1-5-7-9-11-13-15-17-21-25-29-35-45-42(50)34-33-41(43(51)46-36-30-26-22-18-16-14-12-10-8-6-2)44(52)47-37-31-27-23-19-20-24-28-32-38-48(3,4)39-40-49/h41,49H,5-40H2,1-4H3,(H2-,45,46,47,50,51,52)/p+1. The van der Waals surface area contributed by atoms with Crippen molar-refractivity contribution in [1.82, 2.24) is 16.0 Å². The van der Waals surface area contributed by atoms with Gasteiger partial charge in [-0.15, -0.1) is 0 Å². The molecule has 0 aliphatic carbocycles. The van der Waals surface area contributed by atoms with Crippen molar-refractivity contribution in [2.24, 2.45) is 5.92 Å². The van der Waals surface area contributed by atoms with Crippen LogP contribution in [-0.4, -0.2) is 80.7 Å². The van der Waals surface area contributed by atoms with Gasteiger partial charge in [0, 0.05) is 26.1 Å². The summed E-state index contributed by atoms with van der Waals surface area (Å²) in [7, 11) is 4.36. The number of unbranched alkanes of at least 4 members (excludes halogenated alkanes) is 25. The average molecular weight is 738 g/mol. The molecule has 0 fully saturated rings. The van der Waals surface area contributed by atoms with Gasteiger partial charge < -0.3 is 25.5 Å². The Labute approximate surface area is 322 Å². The summed E-state index contributed by atoms with van der Waals surface area (Å²) in [5.41, 5.74) is 0. The summed E-state index contributed by atoms with van der Waals surface area (Å²) < 4.78 is 0.886. The second kappa shape index (κ2) is 37.6. The molecule has 1 unspecified atom stereocenters. The van der Waals surface area contributed by atoms with Gasteiger partial charge in [0.05, 0.1) is 27.2 Å². The third-order valence-corrected chi connectivity index (χ3v) is 10.7. The van der Waals surface area contributed by atoms with Gasteiger partial charge in [-0.1, -0.05) is 162 Å². The van der Waals surface area contributed by atoms with Crippen LogP contribution in [0.15, 0.2) is 0 Å². The molecule has 0 aromatic heterocycles. The van der Waals surface area contributed by atoms with E-state index in [2.05, 4.69) is 43.9 Å². The van der Waals surface area contributed by atoms with E-state index in [-0.39, 0.29) is 37.2 Å². The van der Waals surface area contributed by atoms with Gasteiger partial charge in [-0.05, 0) is 38.5 Å². The second-order valence-corrected chi connectivity index (χ2v) is 16.3. The molecule has 3 amide bonds. The Kier molecular flexibility index (Phi) is 36.4. The molecular formula is C44H89N4O4+. The Hall–Kier alpha value is -1.67. The lowest BCUT2D eigenvalue weighted by molar-refractivity contribution is -0.890. The normalized spacial score (nSPS) is 12.2. The molecule has 0 aromatic rings. The van der Waals surface area contributed by atoms with Crippen molar-refractivity contribution < 1.29 is 24.0 Å². The molecular weight excluding hydrogens is 649 g/mol. The number of carbonyl (C=O) groups is 3. The van der Waals surface area contributed by atoms with Gasteiger partial charge in [0.25, 0.3) is 0 Å². The number of aliphatic hydroxyl groups is 1. The number of hydrogen-bond donors (Lipinski definition) is 4. The Morgan fingerprint density at radius 3 is 1.15 bits per heavy atom. The molecule has 308 valence electrons. The number of nitrogens with one attached hydrogen (secondary N) is 3. The van der Waals surface area contributed by atoms with Crippen molar-refractivity contribution in [2.75, 3.05) is 53.4 Å². The van der Waals surface area contributed by atoms with E-state index in [1.807, 2.05) is 0 Å². The third kappa shape index (κ3) is 34.1. The van der Waals surface area contributed by atoms with Gasteiger partial charge in [0.2, 0.25) is 17.7 Å². The Morgan fingerprint density at radius 2 is 0.788 bits per heavy atom. The van der Waals surface area contributed by atoms with Crippen LogP contribution in [0.25, 0.3) is 0 Å². The number of carbonyl (C=O) groups excluding carboxylic acids is 3. The van der Waals surface area contributed by atoms with Crippen LogP contribution < -0.4 is 16.0 Å². The van der Waals surface area contributed by atoms with E-state index in [9.17, 15) is 19.5 Å². The number of likely N-dealkylation sites (N-methyl/N-ethyl adjacent to an activating group) is 1. The Morgan fingerprint density at radius 1 is 0.462 bits per heavy atom. The van der Waals surface area contributed by atoms with Gasteiger partial charge in [-0.25, -0.2) is 0 Å². The summed E-state index contributed by atoms with van der Waals surface area (Å²) in [6.45, 7) is 8.51. The van der Waals surface area contributed by atoms with Crippen LogP contribution in [0, 0.1) is 5.92 Å². The number of amides is 3. The van der Waals surface area contributed by atoms with E-state index in [0.29, 0.717) is 19.6 Å². The zero-order chi connectivity index (χ0) is 38.4. The fraction of sp³-hybridized carbons (Fsp3) is 0.932. The second-order valence-electron chi connectivity index (χ2n) is 16.3. The molecule has 0 bridgehead atoms. The van der Waals surface area contributed by atoms with Crippen LogP contribution in [0.1, 0.15) is 206 Å². The maximum atomic E-state index is 13.2. The third-order valence-electron chi connectivity index (χ3n) is 10.7. The van der Waals surface area contributed by atoms with Crippen molar-refractivity contribution in [2.45, 2.75) is 206 Å². The lowest BCUT2D eigenvalue weighted by Gasteiger charge is -2.28. The highest BCUT2D eigenvalue weighted by molar-refractivity contribution is 6.00. The maximum Gasteiger partial charge on any atom is 0.232 e. The number of aliphatic hydroxyl groups excluding tert-OH is 1. The predicted octanol–water partition coefficient (Wildman–Crippen LogP) is 9.76. The van der Waals surface area contributed by atoms with Gasteiger partial charge in [-0.2, -0.15) is 0 Å². The molecule has 0 aromatic carbocycles. The van der Waals surface area contributed by atoms with E-state index >= 15 is 0 Å². The van der Waals surface area contributed by atoms with E-state index in [0.717, 1.165) is 62.5 Å². The van der Waals surface area contributed by atoms with Crippen molar-refractivity contribution in [3.8, 4) is 0 Å². The molecule has 0 spiro atoms. The van der Waals surface area contributed by atoms with Crippen molar-refractivity contribution in [3.63, 3.8) is 0 Å². The first-order valence-electron chi connectivity index (χ1n) is 22.5. The van der Waals surface area contributed by atoms with Crippen LogP contribution in [0.3, 0.4) is 0 Å². The number of nitrogens with zero attached hydrogens (tertiary/aromatic N) is 1. The summed E-state index contributed by atoms with van der Waals surface area (Å²) in [5.74, 6) is -1.38. The Bertz CT molecular complexity index is 822. The first kappa shape index (κ1) is 50.3. The first-order chi connectivity index (χ1) is 25.3. The van der Waals surface area contributed by atoms with Gasteiger partial charge in [-0.3, -0.25) is 14.4 Å². The van der Waals surface area contributed by atoms with E-state index in [1.54, 1.807) is 0 Å². The Balaban J connectivity index is 4.40. The topological polar surface area (TPSA) is 108 Å². The number of hydrogen-bond acceptors (Lipinski definition) is 4. The molecule has 0 heterocycles. The van der Waals surface area contributed by atoms with Crippen LogP contribution in [0.5, 0.6) is 0 Å². The zero-order valence-electron chi connectivity index (χ0n) is 35.2. The molecule has 0 aliphatic heterocycles. The SMILES string of the molecule is CCCCCCCCCCCCNC(=O)CCC(C(=O)NCCCCCCCCCCCC)C(=O)NCCCCCCCCCC[N+](C)(C)CCO. The quantitative estimate of drug-likeness (QED) is 0.0285. The van der Waals surface area contributed by atoms with Gasteiger partial charge >= 0.3 is 0 Å². The molecule has 0 saturated heterocycles. The van der Waals surface area contributed by atoms with E-state index < -0.39 is 5.92 Å². The zero-order valence-corrected chi connectivity index (χ0v) is 35.2. The molecule has 52 heavy (non-hydrogen) atoms. The highest BCUT2D eigenvalue weighted by atomic mass is 16.3. The van der Waals surface area contributed by atoms with Crippen molar-refractivity contribution >= 4 is 17.7 Å². The molecule has 8 nitrogen and oxygen atoms in total. The minimum absolute atomic E-state index is 0.0656. The molecule has 0 rings (SSSR count). The fourth-order valence-corrected chi connectivity index (χ4v) is 6.98. The molecule has 0 saturated carbocycles. The van der Waals surface area contributed by atoms with Crippen molar-refractivity contribution in [3.05, 3.63) is 0 Å². The molecule has 0 radical (unpaired) electrons. The van der Waals surface area contributed by atoms with Crippen LogP contribution >= 0.6 is 0 Å². The van der Waals surface area contributed by atoms with Crippen LogP contribution in [0.2, 0.25) is 0 Å². The molecule has 0 aliphatic rings. The average Bonchev–Trinajstić information content (AvgIpc) is 3.11. The van der Waals surface area contributed by atoms with Crippen LogP contribution in [-0.2, 0) is 14.4 Å². The highest BCUT2D eigenvalue weighted by Crippen LogP contribution is 2.14. The maximum absolute atomic E-state index is 13.2. The number of rotatable bonds is 40. The molecule has 1 atom stereocenters. The molecule has 4 N–H and O–H groups in total. The van der Waals surface area contributed by atoms with Gasteiger partial charge in [0.1, 0.15) is 12.5 Å². The molecule has 8 heteroatoms. The van der Waals surface area contributed by atoms with Gasteiger partial charge in [0.15, 0.2) is 0 Å². The summed E-state index contributed by atoms with van der Waals surface area (Å²) in [6.07, 6.45) is 34.7. The lowest BCUT2D eigenvalue weighted by atomic mass is 10.00. The van der Waals surface area contributed by atoms with E-state index in [4.69, 9.17) is 0 Å². The monoisotopic (exact) mass is 738 g/mol. The predicted molar refractivity (Wildman–Crippen MR) is 221 cm³/mol. The minimum Gasteiger partial charge on any atom is -0.391 e. The first-order valence-corrected chi connectivity index (χ1v) is 22.5. The summed E-state index contributed by atoms with van der Waals surface area (Å²) in [6, 6.07) is 0. The summed E-state index contributed by atoms with van der Waals surface area (Å²) >= 11 is 0. The lowest BCUT2D eigenvalue weighted by Crippen LogP contribution is -2.42. The minimum atomic E-state index is -0.827. The number of quaternary nitrogens is 1. The highest BCUT2D eigenvalue weighted by Gasteiger charge is 2.26. The summed E-state index contributed by atoms with van der Waals surface area (Å²) in [4.78, 5) is 39.0. The smallest absolute Gasteiger partial charge is 0.232 e. The summed E-state index contributed by atoms with van der Waals surface area (Å²) in [5, 5.41) is 18.2. The van der Waals surface area contributed by atoms with Crippen LogP contribution in [0.4, 0.5) is 0 Å². The van der Waals surface area contributed by atoms with Crippen molar-refractivity contribution in [1.29, 1.82) is 0 Å². The fourth-order valence-electron chi connectivity index (χ4n) is 6.98. The van der Waals surface area contributed by atoms with E-state index in [1.165, 1.54) is 135 Å². The largest absolute Gasteiger partial charge is 0.391 e.